The number of benzene rings is 2. The summed E-state index contributed by atoms with van der Waals surface area (Å²) in [6, 6.07) is 9.99. The second kappa shape index (κ2) is 9.71. The van der Waals surface area contributed by atoms with Crippen molar-refractivity contribution in [3.8, 4) is 17.2 Å². The molecule has 1 unspecified atom stereocenters. The summed E-state index contributed by atoms with van der Waals surface area (Å²) in [5.74, 6) is 0.935. The quantitative estimate of drug-likeness (QED) is 0.649. The monoisotopic (exact) mass is 436 g/mol. The lowest BCUT2D eigenvalue weighted by Crippen LogP contribution is -2.33. The number of rotatable bonds is 9. The van der Waals surface area contributed by atoms with Gasteiger partial charge < -0.3 is 19.5 Å². The van der Waals surface area contributed by atoms with Crippen LogP contribution >= 0.6 is 0 Å². The zero-order valence-corrected chi connectivity index (χ0v) is 18.9. The fourth-order valence-corrected chi connectivity index (χ4v) is 4.07. The summed E-state index contributed by atoms with van der Waals surface area (Å²) in [4.78, 5) is 13.1. The number of hydrogen-bond donors (Lipinski definition) is 1. The van der Waals surface area contributed by atoms with Crippen molar-refractivity contribution in [3.05, 3.63) is 47.5 Å². The minimum absolute atomic E-state index is 0.155. The summed E-state index contributed by atoms with van der Waals surface area (Å²) < 4.78 is 41.5. The van der Waals surface area contributed by atoms with Crippen LogP contribution in [0.5, 0.6) is 17.2 Å². The van der Waals surface area contributed by atoms with E-state index in [9.17, 15) is 13.2 Å². The van der Waals surface area contributed by atoms with Gasteiger partial charge in [0.05, 0.1) is 44.9 Å². The Morgan fingerprint density at radius 3 is 2.07 bits per heavy atom. The Kier molecular flexibility index (Phi) is 7.55. The van der Waals surface area contributed by atoms with Gasteiger partial charge in [0.1, 0.15) is 5.75 Å². The Labute approximate surface area is 177 Å². The number of hydrogen-bond acceptors (Lipinski definition) is 6. The van der Waals surface area contributed by atoms with Gasteiger partial charge in [-0.1, -0.05) is 12.1 Å². The molecular weight excluding hydrogens is 408 g/mol. The number of nitrogens with one attached hydrogen (secondary N) is 1. The first-order valence-corrected chi connectivity index (χ1v) is 11.2. The van der Waals surface area contributed by atoms with Crippen molar-refractivity contribution in [2.45, 2.75) is 19.9 Å². The fourth-order valence-electron chi connectivity index (χ4n) is 3.09. The molecule has 0 saturated heterocycles. The van der Waals surface area contributed by atoms with Gasteiger partial charge in [-0.25, -0.2) is 8.42 Å². The van der Waals surface area contributed by atoms with Gasteiger partial charge in [0.15, 0.2) is 11.5 Å². The minimum Gasteiger partial charge on any atom is -0.497 e. The van der Waals surface area contributed by atoms with Crippen LogP contribution in [0.15, 0.2) is 36.4 Å². The lowest BCUT2D eigenvalue weighted by Gasteiger charge is -2.25. The molecule has 0 aliphatic heterocycles. The van der Waals surface area contributed by atoms with Crippen LogP contribution < -0.4 is 23.8 Å². The third-order valence-corrected chi connectivity index (χ3v) is 5.92. The number of carbonyl (C=O) groups excluding carboxylic acids is 1. The summed E-state index contributed by atoms with van der Waals surface area (Å²) in [6.45, 7) is 3.69. The molecule has 0 fully saturated rings. The minimum atomic E-state index is -3.61. The van der Waals surface area contributed by atoms with E-state index in [1.54, 1.807) is 14.0 Å². The number of carbonyl (C=O) groups is 1. The maximum absolute atomic E-state index is 13.1. The van der Waals surface area contributed by atoms with E-state index in [0.717, 1.165) is 16.1 Å². The molecule has 2 aromatic carbocycles. The number of ether oxygens (including phenoxy) is 3. The molecule has 8 nitrogen and oxygen atoms in total. The highest BCUT2D eigenvalue weighted by atomic mass is 32.2. The molecular formula is C21H28N2O6S. The van der Waals surface area contributed by atoms with Crippen LogP contribution in [0.2, 0.25) is 0 Å². The normalized spacial score (nSPS) is 12.1. The molecule has 0 aliphatic carbocycles. The molecule has 0 radical (unpaired) electrons. The molecule has 9 heteroatoms. The van der Waals surface area contributed by atoms with Crippen LogP contribution in [0, 0.1) is 0 Å². The largest absolute Gasteiger partial charge is 0.497 e. The molecule has 0 spiro atoms. The SMILES string of the molecule is CCN(c1cc(OC)c(OC)cc1C(=O)NC(C)c1ccc(OC)cc1)S(C)(=O)=O. The second-order valence-electron chi connectivity index (χ2n) is 6.62. The maximum atomic E-state index is 13.1. The van der Waals surface area contributed by atoms with E-state index < -0.39 is 15.9 Å². The standard InChI is InChI=1S/C21H28N2O6S/c1-7-23(30(6,25)26)18-13-20(29-5)19(28-4)12-17(18)21(24)22-14(2)15-8-10-16(27-3)11-9-15/h8-14H,7H2,1-6H3,(H,22,24). The van der Waals surface area contributed by atoms with E-state index >= 15 is 0 Å². The average molecular weight is 437 g/mol. The summed E-state index contributed by atoms with van der Waals surface area (Å²) in [7, 11) is 0.870. The van der Waals surface area contributed by atoms with Gasteiger partial charge in [-0.2, -0.15) is 0 Å². The predicted octanol–water partition coefficient (Wildman–Crippen LogP) is 2.99. The number of amides is 1. The molecule has 164 valence electrons. The smallest absolute Gasteiger partial charge is 0.254 e. The topological polar surface area (TPSA) is 94.2 Å². The summed E-state index contributed by atoms with van der Waals surface area (Å²) in [5.41, 5.74) is 1.26. The van der Waals surface area contributed by atoms with Crippen LogP contribution in [0.4, 0.5) is 5.69 Å². The highest BCUT2D eigenvalue weighted by molar-refractivity contribution is 7.92. The number of sulfonamides is 1. The van der Waals surface area contributed by atoms with Crippen LogP contribution in [-0.4, -0.2) is 48.5 Å². The Morgan fingerprint density at radius 2 is 1.60 bits per heavy atom. The second-order valence-corrected chi connectivity index (χ2v) is 8.53. The van der Waals surface area contributed by atoms with Gasteiger partial charge in [0.25, 0.3) is 5.91 Å². The first kappa shape index (κ1) is 23.3. The van der Waals surface area contributed by atoms with E-state index in [-0.39, 0.29) is 23.8 Å². The third-order valence-electron chi connectivity index (χ3n) is 4.67. The van der Waals surface area contributed by atoms with Crippen LogP contribution in [-0.2, 0) is 10.0 Å². The van der Waals surface area contributed by atoms with Crippen molar-refractivity contribution < 1.29 is 27.4 Å². The van der Waals surface area contributed by atoms with E-state index in [0.29, 0.717) is 17.2 Å². The number of methoxy groups -OCH3 is 3. The molecule has 1 amide bonds. The first-order chi connectivity index (χ1) is 14.2. The molecule has 0 aromatic heterocycles. The molecule has 2 aromatic rings. The molecule has 0 bridgehead atoms. The number of anilines is 1. The average Bonchev–Trinajstić information content (AvgIpc) is 2.72. The van der Waals surface area contributed by atoms with Crippen LogP contribution in [0.25, 0.3) is 0 Å². The molecule has 0 aliphatic rings. The fraction of sp³-hybridized carbons (Fsp3) is 0.381. The molecule has 30 heavy (non-hydrogen) atoms. The maximum Gasteiger partial charge on any atom is 0.254 e. The van der Waals surface area contributed by atoms with Gasteiger partial charge >= 0.3 is 0 Å². The molecule has 0 saturated carbocycles. The van der Waals surface area contributed by atoms with Crippen molar-refractivity contribution in [1.82, 2.24) is 5.32 Å². The van der Waals surface area contributed by atoms with Crippen molar-refractivity contribution in [2.24, 2.45) is 0 Å². The van der Waals surface area contributed by atoms with Gasteiger partial charge in [-0.15, -0.1) is 0 Å². The lowest BCUT2D eigenvalue weighted by molar-refractivity contribution is 0.0940. The number of nitrogens with zero attached hydrogens (tertiary/aromatic N) is 1. The summed E-state index contributed by atoms with van der Waals surface area (Å²) >= 11 is 0. The van der Waals surface area contributed by atoms with E-state index in [2.05, 4.69) is 5.32 Å². The van der Waals surface area contributed by atoms with E-state index in [1.165, 1.54) is 26.4 Å². The molecule has 1 atom stereocenters. The zero-order chi connectivity index (χ0) is 22.5. The Morgan fingerprint density at radius 1 is 1.03 bits per heavy atom. The molecule has 2 rings (SSSR count). The van der Waals surface area contributed by atoms with Gasteiger partial charge in [0.2, 0.25) is 10.0 Å². The summed E-state index contributed by atoms with van der Waals surface area (Å²) in [5, 5.41) is 2.91. The third kappa shape index (κ3) is 5.15. The van der Waals surface area contributed by atoms with Crippen molar-refractivity contribution in [1.29, 1.82) is 0 Å². The molecule has 0 heterocycles. The highest BCUT2D eigenvalue weighted by Gasteiger charge is 2.26. The van der Waals surface area contributed by atoms with Crippen molar-refractivity contribution in [3.63, 3.8) is 0 Å². The van der Waals surface area contributed by atoms with Crippen molar-refractivity contribution >= 4 is 21.6 Å². The Bertz CT molecular complexity index is 989. The van der Waals surface area contributed by atoms with Crippen molar-refractivity contribution in [2.75, 3.05) is 38.4 Å². The first-order valence-electron chi connectivity index (χ1n) is 9.34. The van der Waals surface area contributed by atoms with E-state index in [1.807, 2.05) is 31.2 Å². The van der Waals surface area contributed by atoms with Gasteiger partial charge in [-0.3, -0.25) is 9.10 Å². The van der Waals surface area contributed by atoms with Crippen LogP contribution in [0.3, 0.4) is 0 Å². The lowest BCUT2D eigenvalue weighted by atomic mass is 10.1. The summed E-state index contributed by atoms with van der Waals surface area (Å²) in [6.07, 6.45) is 1.09. The predicted molar refractivity (Wildman–Crippen MR) is 116 cm³/mol. The Balaban J connectivity index is 2.47. The van der Waals surface area contributed by atoms with Gasteiger partial charge in [-0.05, 0) is 37.6 Å². The van der Waals surface area contributed by atoms with Gasteiger partial charge in [0, 0.05) is 12.6 Å². The van der Waals surface area contributed by atoms with E-state index in [4.69, 9.17) is 14.2 Å². The Hall–Kier alpha value is -2.94. The molecule has 1 N–H and O–H groups in total. The highest BCUT2D eigenvalue weighted by Crippen LogP contribution is 2.36. The zero-order valence-electron chi connectivity index (χ0n) is 18.1. The van der Waals surface area contributed by atoms with Crippen LogP contribution in [0.1, 0.15) is 35.8 Å².